The highest BCUT2D eigenvalue weighted by atomic mass is 35.5. The Kier molecular flexibility index (Phi) is 14.4. The fourth-order valence-electron chi connectivity index (χ4n) is 3.45. The average molecular weight is 304 g/mol. The van der Waals surface area contributed by atoms with Crippen molar-refractivity contribution in [2.45, 2.75) is 90.9 Å². The molecular formula is C18H38ClN. The maximum absolute atomic E-state index is 2.32. The highest BCUT2D eigenvalue weighted by molar-refractivity contribution is 4.62. The van der Waals surface area contributed by atoms with Crippen LogP contribution in [-0.2, 0) is 0 Å². The lowest BCUT2D eigenvalue weighted by Gasteiger charge is -2.29. The third-order valence-corrected chi connectivity index (χ3v) is 4.91. The van der Waals surface area contributed by atoms with Crippen molar-refractivity contribution in [3.05, 3.63) is 0 Å². The molecule has 1 rings (SSSR count). The molecule has 0 bridgehead atoms. The highest BCUT2D eigenvalue weighted by Gasteiger charge is 2.20. The van der Waals surface area contributed by atoms with Gasteiger partial charge in [-0.15, -0.1) is 0 Å². The van der Waals surface area contributed by atoms with Crippen LogP contribution in [0.4, 0.5) is 0 Å². The summed E-state index contributed by atoms with van der Waals surface area (Å²) >= 11 is 0. The van der Waals surface area contributed by atoms with Crippen LogP contribution in [0.25, 0.3) is 0 Å². The molecule has 1 aliphatic heterocycles. The van der Waals surface area contributed by atoms with Gasteiger partial charge in [-0.1, -0.05) is 65.2 Å². The predicted molar refractivity (Wildman–Crippen MR) is 85.8 cm³/mol. The molecule has 1 saturated heterocycles. The van der Waals surface area contributed by atoms with Crippen molar-refractivity contribution in [1.29, 1.82) is 0 Å². The van der Waals surface area contributed by atoms with Gasteiger partial charge in [0.25, 0.3) is 0 Å². The first-order valence-corrected chi connectivity index (χ1v) is 9.20. The van der Waals surface area contributed by atoms with E-state index in [1.165, 1.54) is 96.7 Å². The monoisotopic (exact) mass is 303 g/mol. The molecule has 20 heavy (non-hydrogen) atoms. The van der Waals surface area contributed by atoms with E-state index in [-0.39, 0.29) is 12.4 Å². The Bertz CT molecular complexity index is 188. The van der Waals surface area contributed by atoms with Crippen molar-refractivity contribution in [2.24, 2.45) is 5.92 Å². The van der Waals surface area contributed by atoms with E-state index in [2.05, 4.69) is 13.8 Å². The second kappa shape index (κ2) is 14.2. The average Bonchev–Trinajstić information content (AvgIpc) is 2.45. The van der Waals surface area contributed by atoms with Gasteiger partial charge in [-0.2, -0.15) is 0 Å². The standard InChI is InChI=1S/C18H37N.ClH/c1-3-5-7-8-9-10-11-15-19-16-13-18(14-17-19)12-6-4-2;/h18H,3-17H2,1-2H3;1H. The smallest absolute Gasteiger partial charge is 0.0773 e. The summed E-state index contributed by atoms with van der Waals surface area (Å²) in [4.78, 5) is 1.90. The summed E-state index contributed by atoms with van der Waals surface area (Å²) in [7, 11) is 0. The Hall–Kier alpha value is 0.250. The quantitative estimate of drug-likeness (QED) is 0.548. The first-order valence-electron chi connectivity index (χ1n) is 9.20. The molecule has 0 aromatic rings. The van der Waals surface area contributed by atoms with Gasteiger partial charge in [-0.25, -0.2) is 0 Å². The Balaban J connectivity index is 0.00000361. The van der Waals surface area contributed by atoms with Crippen LogP contribution in [-0.4, -0.2) is 19.6 Å². The molecule has 2 heteroatoms. The molecule has 122 valence electrons. The summed E-state index contributed by atoms with van der Waals surface area (Å²) in [5.74, 6) is 1.07. The normalized spacial score (nSPS) is 22.5. The lowest BCUT2D eigenvalue weighted by atomic mass is 9.91. The molecular weight excluding hydrogens is 266 g/mol. The third-order valence-electron chi connectivity index (χ3n) is 4.91. The molecule has 0 atom stereocenters. The minimum absolute atomic E-state index is 0. The molecule has 0 radical (unpaired) electrons. The van der Waals surface area contributed by atoms with Crippen LogP contribution in [0.15, 0.2) is 0 Å². The maximum atomic E-state index is 2.32. The van der Waals surface area contributed by atoms with Gasteiger partial charge in [0.2, 0.25) is 0 Å². The number of quaternary nitrogens is 1. The fraction of sp³-hybridized carbons (Fsp3) is 1.00. The predicted octanol–water partition coefficient (Wildman–Crippen LogP) is 1.23. The van der Waals surface area contributed by atoms with Crippen LogP contribution in [0.5, 0.6) is 0 Å². The molecule has 0 aromatic heterocycles. The molecule has 0 aliphatic carbocycles. The number of hydrogen-bond donors (Lipinski definition) is 1. The summed E-state index contributed by atoms with van der Waals surface area (Å²) in [6.07, 6.45) is 17.5. The van der Waals surface area contributed by atoms with Crippen LogP contribution in [0.2, 0.25) is 0 Å². The summed E-state index contributed by atoms with van der Waals surface area (Å²) in [5, 5.41) is 0. The van der Waals surface area contributed by atoms with Crippen LogP contribution in [0.1, 0.15) is 90.9 Å². The number of piperidine rings is 1. The number of unbranched alkanes of at least 4 members (excludes halogenated alkanes) is 7. The van der Waals surface area contributed by atoms with Gasteiger partial charge in [-0.05, 0) is 31.6 Å². The first-order chi connectivity index (χ1) is 9.36. The summed E-state index contributed by atoms with van der Waals surface area (Å²) in [5.41, 5.74) is 0. The van der Waals surface area contributed by atoms with E-state index in [1.807, 2.05) is 4.90 Å². The number of rotatable bonds is 11. The van der Waals surface area contributed by atoms with Gasteiger partial charge in [0.1, 0.15) is 0 Å². The Morgan fingerprint density at radius 3 is 1.90 bits per heavy atom. The van der Waals surface area contributed by atoms with E-state index in [4.69, 9.17) is 0 Å². The number of hydrogen-bond acceptors (Lipinski definition) is 0. The van der Waals surface area contributed by atoms with E-state index in [0.29, 0.717) is 0 Å². The SMILES string of the molecule is CCCCCCCCC[NH+]1CCC(CCCC)CC1.[Cl-]. The largest absolute Gasteiger partial charge is 1.00 e. The van der Waals surface area contributed by atoms with Crippen LogP contribution in [0, 0.1) is 5.92 Å². The van der Waals surface area contributed by atoms with E-state index in [0.717, 1.165) is 5.92 Å². The summed E-state index contributed by atoms with van der Waals surface area (Å²) < 4.78 is 0. The molecule has 0 amide bonds. The van der Waals surface area contributed by atoms with E-state index in [1.54, 1.807) is 0 Å². The highest BCUT2D eigenvalue weighted by Crippen LogP contribution is 2.17. The Morgan fingerprint density at radius 2 is 1.30 bits per heavy atom. The van der Waals surface area contributed by atoms with Crippen molar-refractivity contribution in [3.63, 3.8) is 0 Å². The second-order valence-corrected chi connectivity index (χ2v) is 6.71. The summed E-state index contributed by atoms with van der Waals surface area (Å²) in [6.45, 7) is 9.00. The minimum atomic E-state index is 0. The molecule has 1 nitrogen and oxygen atoms in total. The Labute approximate surface area is 134 Å². The van der Waals surface area contributed by atoms with Gasteiger partial charge in [0, 0.05) is 0 Å². The van der Waals surface area contributed by atoms with E-state index >= 15 is 0 Å². The number of nitrogens with one attached hydrogen (secondary N) is 1. The third kappa shape index (κ3) is 10.0. The molecule has 1 heterocycles. The zero-order chi connectivity index (χ0) is 13.8. The topological polar surface area (TPSA) is 4.44 Å². The van der Waals surface area contributed by atoms with Crippen LogP contribution in [0.3, 0.4) is 0 Å². The minimum Gasteiger partial charge on any atom is -1.00 e. The van der Waals surface area contributed by atoms with Gasteiger partial charge < -0.3 is 17.3 Å². The van der Waals surface area contributed by atoms with Gasteiger partial charge in [0.15, 0.2) is 0 Å². The molecule has 0 saturated carbocycles. The lowest BCUT2D eigenvalue weighted by molar-refractivity contribution is -0.906. The van der Waals surface area contributed by atoms with Crippen molar-refractivity contribution in [2.75, 3.05) is 19.6 Å². The van der Waals surface area contributed by atoms with Crippen molar-refractivity contribution < 1.29 is 17.3 Å². The maximum Gasteiger partial charge on any atom is 0.0773 e. The second-order valence-electron chi connectivity index (χ2n) is 6.71. The van der Waals surface area contributed by atoms with Crippen molar-refractivity contribution >= 4 is 0 Å². The molecule has 1 aliphatic rings. The molecule has 1 N–H and O–H groups in total. The lowest BCUT2D eigenvalue weighted by Crippen LogP contribution is -3.13. The first kappa shape index (κ1) is 20.2. The zero-order valence-electron chi connectivity index (χ0n) is 14.1. The van der Waals surface area contributed by atoms with Gasteiger partial charge >= 0.3 is 0 Å². The molecule has 1 fully saturated rings. The Morgan fingerprint density at radius 1 is 0.750 bits per heavy atom. The van der Waals surface area contributed by atoms with Gasteiger partial charge in [0.05, 0.1) is 19.6 Å². The zero-order valence-corrected chi connectivity index (χ0v) is 14.8. The van der Waals surface area contributed by atoms with Crippen LogP contribution >= 0.6 is 0 Å². The summed E-state index contributed by atoms with van der Waals surface area (Å²) in [6, 6.07) is 0. The van der Waals surface area contributed by atoms with Crippen LogP contribution < -0.4 is 17.3 Å². The van der Waals surface area contributed by atoms with E-state index < -0.39 is 0 Å². The number of likely N-dealkylation sites (tertiary alicyclic amines) is 1. The van der Waals surface area contributed by atoms with Crippen molar-refractivity contribution in [3.8, 4) is 0 Å². The number of halogens is 1. The molecule has 0 spiro atoms. The van der Waals surface area contributed by atoms with Gasteiger partial charge in [-0.3, -0.25) is 0 Å². The fourth-order valence-corrected chi connectivity index (χ4v) is 3.45. The van der Waals surface area contributed by atoms with Crippen molar-refractivity contribution in [1.82, 2.24) is 0 Å². The van der Waals surface area contributed by atoms with E-state index in [9.17, 15) is 0 Å². The molecule has 0 aromatic carbocycles. The molecule has 0 unspecified atom stereocenters.